The lowest BCUT2D eigenvalue weighted by molar-refractivity contribution is 0.0503. The van der Waals surface area contributed by atoms with Crippen LogP contribution in [0.4, 0.5) is 0 Å². The van der Waals surface area contributed by atoms with Crippen LogP contribution in [0.25, 0.3) is 0 Å². The van der Waals surface area contributed by atoms with Crippen LogP contribution in [-0.4, -0.2) is 5.60 Å². The molecule has 0 aliphatic rings. The van der Waals surface area contributed by atoms with Gasteiger partial charge in [-0.25, -0.2) is 0 Å². The molecule has 1 atom stereocenters. The maximum absolute atomic E-state index is 6.38. The lowest BCUT2D eigenvalue weighted by atomic mass is 9.91. The third kappa shape index (κ3) is 4.37. The van der Waals surface area contributed by atoms with E-state index in [0.29, 0.717) is 5.92 Å². The Labute approximate surface area is 141 Å². The molecule has 2 aromatic rings. The molecule has 23 heavy (non-hydrogen) atoms. The number of hydrogen-bond donors (Lipinski definition) is 0. The number of benzene rings is 2. The second-order valence-electron chi connectivity index (χ2n) is 6.44. The van der Waals surface area contributed by atoms with Crippen LogP contribution in [0, 0.1) is 0 Å². The van der Waals surface area contributed by atoms with Crippen molar-refractivity contribution in [3.05, 3.63) is 65.7 Å². The number of rotatable bonds is 8. The zero-order valence-electron chi connectivity index (χ0n) is 15.0. The van der Waals surface area contributed by atoms with Gasteiger partial charge in [0.1, 0.15) is 11.4 Å². The van der Waals surface area contributed by atoms with E-state index in [2.05, 4.69) is 82.3 Å². The van der Waals surface area contributed by atoms with Gasteiger partial charge in [-0.15, -0.1) is 0 Å². The predicted octanol–water partition coefficient (Wildman–Crippen LogP) is 6.58. The first kappa shape index (κ1) is 17.6. The molecule has 0 N–H and O–H groups in total. The maximum atomic E-state index is 6.38. The Hall–Kier alpha value is -1.76. The molecular weight excluding hydrogens is 280 g/mol. The van der Waals surface area contributed by atoms with Crippen molar-refractivity contribution < 1.29 is 4.74 Å². The molecule has 0 aliphatic heterocycles. The average molecular weight is 310 g/mol. The van der Waals surface area contributed by atoms with E-state index in [0.717, 1.165) is 31.4 Å². The van der Waals surface area contributed by atoms with E-state index in [9.17, 15) is 0 Å². The third-order valence-corrected chi connectivity index (χ3v) is 5.01. The summed E-state index contributed by atoms with van der Waals surface area (Å²) in [5.41, 5.74) is 2.67. The van der Waals surface area contributed by atoms with Gasteiger partial charge in [0.2, 0.25) is 0 Å². The molecule has 0 radical (unpaired) electrons. The van der Waals surface area contributed by atoms with Crippen LogP contribution in [-0.2, 0) is 0 Å². The minimum absolute atomic E-state index is 0.0126. The quantitative estimate of drug-likeness (QED) is 0.535. The Bertz CT molecular complexity index is 567. The Kier molecular flexibility index (Phi) is 6.27. The molecule has 0 fully saturated rings. The second-order valence-corrected chi connectivity index (χ2v) is 6.44. The lowest BCUT2D eigenvalue weighted by Gasteiger charge is -2.32. The van der Waals surface area contributed by atoms with Crippen molar-refractivity contribution in [3.8, 4) is 5.75 Å². The summed E-state index contributed by atoms with van der Waals surface area (Å²) in [4.78, 5) is 0. The molecule has 2 aromatic carbocycles. The summed E-state index contributed by atoms with van der Waals surface area (Å²) in [7, 11) is 0. The highest BCUT2D eigenvalue weighted by atomic mass is 16.5. The third-order valence-electron chi connectivity index (χ3n) is 5.01. The highest BCUT2D eigenvalue weighted by molar-refractivity contribution is 5.35. The van der Waals surface area contributed by atoms with E-state index in [1.807, 2.05) is 0 Å². The molecule has 0 amide bonds. The van der Waals surface area contributed by atoms with Gasteiger partial charge >= 0.3 is 0 Å². The van der Waals surface area contributed by atoms with Gasteiger partial charge in [0.15, 0.2) is 0 Å². The van der Waals surface area contributed by atoms with Crippen LogP contribution >= 0.6 is 0 Å². The van der Waals surface area contributed by atoms with Crippen LogP contribution in [0.5, 0.6) is 5.75 Å². The zero-order valence-corrected chi connectivity index (χ0v) is 15.0. The Morgan fingerprint density at radius 2 is 1.39 bits per heavy atom. The van der Waals surface area contributed by atoms with Gasteiger partial charge in [-0.1, -0.05) is 76.6 Å². The minimum Gasteiger partial charge on any atom is -0.487 e. The normalized spacial score (nSPS) is 12.9. The van der Waals surface area contributed by atoms with E-state index < -0.39 is 0 Å². The Balaban J connectivity index is 2.13. The SMILES string of the molecule is CCCC(CC)(CC)Oc1ccc(C(C)c2ccccc2)cc1. The average Bonchev–Trinajstić information content (AvgIpc) is 2.62. The summed E-state index contributed by atoms with van der Waals surface area (Å²) in [5, 5.41) is 0. The molecule has 0 aliphatic carbocycles. The van der Waals surface area contributed by atoms with Crippen molar-refractivity contribution in [2.24, 2.45) is 0 Å². The first-order chi connectivity index (χ1) is 11.1. The summed E-state index contributed by atoms with van der Waals surface area (Å²) >= 11 is 0. The molecule has 0 spiro atoms. The summed E-state index contributed by atoms with van der Waals surface area (Å²) in [6.45, 7) is 8.94. The molecule has 1 nitrogen and oxygen atoms in total. The Morgan fingerprint density at radius 1 is 0.826 bits per heavy atom. The van der Waals surface area contributed by atoms with Crippen molar-refractivity contribution in [1.29, 1.82) is 0 Å². The first-order valence-electron chi connectivity index (χ1n) is 8.98. The number of hydrogen-bond acceptors (Lipinski definition) is 1. The summed E-state index contributed by atoms with van der Waals surface area (Å²) in [5.74, 6) is 1.40. The van der Waals surface area contributed by atoms with Gasteiger partial charge < -0.3 is 4.74 Å². The molecule has 2 rings (SSSR count). The smallest absolute Gasteiger partial charge is 0.120 e. The van der Waals surface area contributed by atoms with Crippen molar-refractivity contribution in [2.45, 2.75) is 64.9 Å². The van der Waals surface area contributed by atoms with Gasteiger partial charge in [0, 0.05) is 5.92 Å². The van der Waals surface area contributed by atoms with Crippen LogP contribution in [0.1, 0.15) is 70.4 Å². The van der Waals surface area contributed by atoms with Crippen LogP contribution in [0.3, 0.4) is 0 Å². The fourth-order valence-corrected chi connectivity index (χ4v) is 3.26. The molecule has 0 aromatic heterocycles. The fourth-order valence-electron chi connectivity index (χ4n) is 3.26. The van der Waals surface area contributed by atoms with Crippen molar-refractivity contribution >= 4 is 0 Å². The summed E-state index contributed by atoms with van der Waals surface area (Å²) in [6.07, 6.45) is 4.38. The topological polar surface area (TPSA) is 9.23 Å². The van der Waals surface area contributed by atoms with E-state index in [-0.39, 0.29) is 5.60 Å². The van der Waals surface area contributed by atoms with Crippen LogP contribution < -0.4 is 4.74 Å². The maximum Gasteiger partial charge on any atom is 0.120 e. The fraction of sp³-hybridized carbons (Fsp3) is 0.455. The zero-order chi connectivity index (χ0) is 16.7. The van der Waals surface area contributed by atoms with Gasteiger partial charge in [0.25, 0.3) is 0 Å². The highest BCUT2D eigenvalue weighted by Gasteiger charge is 2.27. The van der Waals surface area contributed by atoms with Crippen LogP contribution in [0.2, 0.25) is 0 Å². The molecule has 0 saturated heterocycles. The molecular formula is C22H30O. The molecule has 1 heteroatoms. The van der Waals surface area contributed by atoms with E-state index in [4.69, 9.17) is 4.74 Å². The van der Waals surface area contributed by atoms with Crippen molar-refractivity contribution in [3.63, 3.8) is 0 Å². The van der Waals surface area contributed by atoms with Gasteiger partial charge in [-0.2, -0.15) is 0 Å². The minimum atomic E-state index is -0.0126. The lowest BCUT2D eigenvalue weighted by Crippen LogP contribution is -2.34. The largest absolute Gasteiger partial charge is 0.487 e. The van der Waals surface area contributed by atoms with E-state index in [1.165, 1.54) is 11.1 Å². The van der Waals surface area contributed by atoms with Crippen molar-refractivity contribution in [2.75, 3.05) is 0 Å². The molecule has 0 saturated carbocycles. The van der Waals surface area contributed by atoms with Gasteiger partial charge in [-0.05, 0) is 42.5 Å². The van der Waals surface area contributed by atoms with E-state index in [1.54, 1.807) is 0 Å². The standard InChI is InChI=1S/C22H30O/c1-5-17-22(6-2,7-3)23-21-15-13-20(14-16-21)18(4)19-11-9-8-10-12-19/h8-16,18H,5-7,17H2,1-4H3. The second kappa shape index (κ2) is 8.19. The summed E-state index contributed by atoms with van der Waals surface area (Å²) < 4.78 is 6.38. The highest BCUT2D eigenvalue weighted by Crippen LogP contribution is 2.31. The van der Waals surface area contributed by atoms with Gasteiger partial charge in [0.05, 0.1) is 0 Å². The molecule has 1 unspecified atom stereocenters. The first-order valence-corrected chi connectivity index (χ1v) is 8.98. The molecule has 124 valence electrons. The predicted molar refractivity (Wildman–Crippen MR) is 99.3 cm³/mol. The number of ether oxygens (including phenoxy) is 1. The summed E-state index contributed by atoms with van der Waals surface area (Å²) in [6, 6.07) is 19.3. The Morgan fingerprint density at radius 3 is 1.91 bits per heavy atom. The van der Waals surface area contributed by atoms with Crippen LogP contribution in [0.15, 0.2) is 54.6 Å². The van der Waals surface area contributed by atoms with Gasteiger partial charge in [-0.3, -0.25) is 0 Å². The monoisotopic (exact) mass is 310 g/mol. The molecule has 0 heterocycles. The molecule has 0 bridgehead atoms. The van der Waals surface area contributed by atoms with Crippen molar-refractivity contribution in [1.82, 2.24) is 0 Å². The van der Waals surface area contributed by atoms with E-state index >= 15 is 0 Å².